The van der Waals surface area contributed by atoms with Gasteiger partial charge < -0.3 is 15.6 Å². The summed E-state index contributed by atoms with van der Waals surface area (Å²) in [5.74, 6) is -1.62. The molecule has 9 heteroatoms. The Hall–Kier alpha value is -3.52. The molecule has 1 aromatic heterocycles. The Balaban J connectivity index is 1.38. The maximum atomic E-state index is 13.2. The zero-order chi connectivity index (χ0) is 23.4. The highest BCUT2D eigenvalue weighted by molar-refractivity contribution is 6.34. The van der Waals surface area contributed by atoms with Crippen molar-refractivity contribution in [2.24, 2.45) is 0 Å². The zero-order valence-corrected chi connectivity index (χ0v) is 18.4. The number of carbonyl (C=O) groups is 3. The number of amides is 2. The minimum atomic E-state index is -0.519. The maximum Gasteiger partial charge on any atom is 0.276 e. The first-order valence-electron chi connectivity index (χ1n) is 10.6. The summed E-state index contributed by atoms with van der Waals surface area (Å²) in [5, 5.41) is 5.71. The third-order valence-corrected chi connectivity index (χ3v) is 5.89. The molecule has 0 spiro atoms. The second-order valence-corrected chi connectivity index (χ2v) is 8.36. The van der Waals surface area contributed by atoms with Crippen molar-refractivity contribution in [2.75, 3.05) is 5.32 Å². The van der Waals surface area contributed by atoms with Crippen molar-refractivity contribution in [1.29, 1.82) is 0 Å². The summed E-state index contributed by atoms with van der Waals surface area (Å²) >= 11 is 5.96. The van der Waals surface area contributed by atoms with E-state index >= 15 is 0 Å². The van der Waals surface area contributed by atoms with Crippen molar-refractivity contribution in [3.05, 3.63) is 82.1 Å². The third kappa shape index (κ3) is 5.46. The number of nitrogens with one attached hydrogen (secondary N) is 3. The van der Waals surface area contributed by atoms with Crippen LogP contribution in [0.25, 0.3) is 0 Å². The van der Waals surface area contributed by atoms with Crippen LogP contribution >= 0.6 is 11.6 Å². The Labute approximate surface area is 194 Å². The molecule has 1 heterocycles. The van der Waals surface area contributed by atoms with E-state index in [0.717, 1.165) is 31.7 Å². The van der Waals surface area contributed by atoms with Crippen LogP contribution in [0.2, 0.25) is 5.02 Å². The van der Waals surface area contributed by atoms with Crippen molar-refractivity contribution >= 4 is 34.9 Å². The van der Waals surface area contributed by atoms with Crippen LogP contribution in [0.3, 0.4) is 0 Å². The Bertz CT molecular complexity index is 1190. The molecule has 1 aliphatic carbocycles. The summed E-state index contributed by atoms with van der Waals surface area (Å²) in [6, 6.07) is 10.5. The average Bonchev–Trinajstić information content (AvgIpc) is 3.47. The molecule has 0 radical (unpaired) electrons. The topological polar surface area (TPSA) is 104 Å². The summed E-state index contributed by atoms with van der Waals surface area (Å²) in [4.78, 5) is 44.4. The highest BCUT2D eigenvalue weighted by Gasteiger charge is 2.24. The van der Waals surface area contributed by atoms with Crippen LogP contribution in [0.1, 0.15) is 62.6 Å². The van der Waals surface area contributed by atoms with Gasteiger partial charge in [0.1, 0.15) is 11.5 Å². The number of carbonyl (C=O) groups excluding carboxylic acids is 3. The number of benzene rings is 2. The van der Waals surface area contributed by atoms with E-state index in [0.29, 0.717) is 11.3 Å². The molecule has 3 N–H and O–H groups in total. The summed E-state index contributed by atoms with van der Waals surface area (Å²) in [5.41, 5.74) is 1.57. The molecule has 1 aliphatic rings. The van der Waals surface area contributed by atoms with E-state index in [2.05, 4.69) is 20.6 Å². The molecule has 0 saturated heterocycles. The van der Waals surface area contributed by atoms with Gasteiger partial charge in [-0.15, -0.1) is 0 Å². The molecule has 3 aromatic rings. The molecule has 33 heavy (non-hydrogen) atoms. The smallest absolute Gasteiger partial charge is 0.276 e. The molecular formula is C24H22ClFN4O3. The lowest BCUT2D eigenvalue weighted by Gasteiger charge is -2.11. The number of aromatic nitrogens is 2. The molecule has 2 aromatic carbocycles. The Kier molecular flexibility index (Phi) is 6.84. The molecule has 0 aliphatic heterocycles. The summed E-state index contributed by atoms with van der Waals surface area (Å²) < 4.78 is 13.2. The first-order chi connectivity index (χ1) is 15.9. The molecule has 2 amide bonds. The van der Waals surface area contributed by atoms with Crippen LogP contribution in [0.4, 0.5) is 10.1 Å². The van der Waals surface area contributed by atoms with E-state index < -0.39 is 11.7 Å². The van der Waals surface area contributed by atoms with Crippen molar-refractivity contribution in [3.8, 4) is 0 Å². The monoisotopic (exact) mass is 468 g/mol. The standard InChI is InChI=1S/C24H22ClFN4O3/c25-19-12-15(26)7-10-18(19)20(31)11-14-5-8-17(9-6-14)30-24(33)22-21(27-13-28-22)23(32)29-16-3-1-2-4-16/h5-10,12-13,16H,1-4,11H2,(H,27,28)(H,29,32)(H,30,33). The minimum absolute atomic E-state index is 0.00991. The Morgan fingerprint density at radius 1 is 1.06 bits per heavy atom. The van der Waals surface area contributed by atoms with Gasteiger partial charge in [0.05, 0.1) is 11.3 Å². The number of Topliss-reactive ketones (excluding diaryl/α,β-unsaturated/α-hetero) is 1. The van der Waals surface area contributed by atoms with Gasteiger partial charge in [-0.3, -0.25) is 14.4 Å². The minimum Gasteiger partial charge on any atom is -0.348 e. The average molecular weight is 469 g/mol. The number of hydrogen-bond acceptors (Lipinski definition) is 4. The number of ketones is 1. The van der Waals surface area contributed by atoms with Crippen LogP contribution in [0, 0.1) is 5.82 Å². The van der Waals surface area contributed by atoms with Crippen LogP contribution in [-0.2, 0) is 6.42 Å². The van der Waals surface area contributed by atoms with Crippen molar-refractivity contribution in [2.45, 2.75) is 38.1 Å². The van der Waals surface area contributed by atoms with Crippen LogP contribution in [0.15, 0.2) is 48.8 Å². The SMILES string of the molecule is O=C(Cc1ccc(NC(=O)c2nc[nH]c2C(=O)NC2CCCC2)cc1)c1ccc(F)cc1Cl. The molecule has 170 valence electrons. The van der Waals surface area contributed by atoms with E-state index in [9.17, 15) is 18.8 Å². The number of halogens is 2. The van der Waals surface area contributed by atoms with Gasteiger partial charge >= 0.3 is 0 Å². The quantitative estimate of drug-likeness (QED) is 0.442. The fourth-order valence-corrected chi connectivity index (χ4v) is 4.13. The number of hydrogen-bond donors (Lipinski definition) is 3. The van der Waals surface area contributed by atoms with E-state index in [1.54, 1.807) is 24.3 Å². The molecule has 1 saturated carbocycles. The molecule has 4 rings (SSSR count). The first-order valence-corrected chi connectivity index (χ1v) is 11.0. The molecule has 0 unspecified atom stereocenters. The van der Waals surface area contributed by atoms with Gasteiger partial charge in [-0.25, -0.2) is 9.37 Å². The molecular weight excluding hydrogens is 447 g/mol. The molecule has 1 fully saturated rings. The predicted octanol–water partition coefficient (Wildman–Crippen LogP) is 4.55. The lowest BCUT2D eigenvalue weighted by atomic mass is 10.0. The third-order valence-electron chi connectivity index (χ3n) is 5.58. The van der Waals surface area contributed by atoms with Crippen molar-refractivity contribution in [3.63, 3.8) is 0 Å². The van der Waals surface area contributed by atoms with Gasteiger partial charge in [0.15, 0.2) is 11.5 Å². The van der Waals surface area contributed by atoms with Crippen LogP contribution in [0.5, 0.6) is 0 Å². The number of rotatable bonds is 7. The summed E-state index contributed by atoms with van der Waals surface area (Å²) in [6.45, 7) is 0. The Morgan fingerprint density at radius 2 is 1.79 bits per heavy atom. The van der Waals surface area contributed by atoms with E-state index in [1.807, 2.05) is 0 Å². The van der Waals surface area contributed by atoms with E-state index in [-0.39, 0.29) is 46.1 Å². The largest absolute Gasteiger partial charge is 0.348 e. The second-order valence-electron chi connectivity index (χ2n) is 7.96. The normalized spacial score (nSPS) is 13.6. The molecule has 7 nitrogen and oxygen atoms in total. The number of anilines is 1. The highest BCUT2D eigenvalue weighted by atomic mass is 35.5. The lowest BCUT2D eigenvalue weighted by molar-refractivity contribution is 0.0921. The van der Waals surface area contributed by atoms with E-state index in [1.165, 1.54) is 18.5 Å². The predicted molar refractivity (Wildman–Crippen MR) is 122 cm³/mol. The fraction of sp³-hybridized carbons (Fsp3) is 0.250. The Morgan fingerprint density at radius 3 is 2.48 bits per heavy atom. The lowest BCUT2D eigenvalue weighted by Crippen LogP contribution is -2.34. The van der Waals surface area contributed by atoms with Gasteiger partial charge in [-0.1, -0.05) is 36.6 Å². The van der Waals surface area contributed by atoms with Gasteiger partial charge in [0.2, 0.25) is 0 Å². The number of imidazole rings is 1. The summed E-state index contributed by atoms with van der Waals surface area (Å²) in [7, 11) is 0. The van der Waals surface area contributed by atoms with Crippen LogP contribution < -0.4 is 10.6 Å². The number of H-pyrrole nitrogens is 1. The zero-order valence-electron chi connectivity index (χ0n) is 17.7. The van der Waals surface area contributed by atoms with Gasteiger partial charge in [0.25, 0.3) is 11.8 Å². The van der Waals surface area contributed by atoms with Gasteiger partial charge in [-0.05, 0) is 48.7 Å². The highest BCUT2D eigenvalue weighted by Crippen LogP contribution is 2.21. The summed E-state index contributed by atoms with van der Waals surface area (Å²) in [6.07, 6.45) is 5.42. The second kappa shape index (κ2) is 9.95. The van der Waals surface area contributed by atoms with Crippen molar-refractivity contribution in [1.82, 2.24) is 15.3 Å². The maximum absolute atomic E-state index is 13.2. The molecule has 0 atom stereocenters. The van der Waals surface area contributed by atoms with Crippen molar-refractivity contribution < 1.29 is 18.8 Å². The number of nitrogens with zero attached hydrogens (tertiary/aromatic N) is 1. The first kappa shape index (κ1) is 22.7. The van der Waals surface area contributed by atoms with Crippen LogP contribution in [-0.4, -0.2) is 33.6 Å². The number of aromatic amines is 1. The molecule has 0 bridgehead atoms. The van der Waals surface area contributed by atoms with Gasteiger partial charge in [-0.2, -0.15) is 0 Å². The fourth-order valence-electron chi connectivity index (χ4n) is 3.86. The van der Waals surface area contributed by atoms with E-state index in [4.69, 9.17) is 11.6 Å². The van der Waals surface area contributed by atoms with Gasteiger partial charge in [0, 0.05) is 23.7 Å².